The Bertz CT molecular complexity index is 105. The molecule has 0 N–H and O–H groups in total. The lowest BCUT2D eigenvalue weighted by Gasteiger charge is -2.05. The highest BCUT2D eigenvalue weighted by atomic mass is 16.6. The summed E-state index contributed by atoms with van der Waals surface area (Å²) >= 11 is 0. The molecule has 1 rings (SSSR count). The first kappa shape index (κ1) is 9.43. The van der Waals surface area contributed by atoms with Gasteiger partial charge in [0.25, 0.3) is 0 Å². The van der Waals surface area contributed by atoms with Crippen molar-refractivity contribution in [2.45, 2.75) is 26.9 Å². The van der Waals surface area contributed by atoms with Crippen molar-refractivity contribution in [1.29, 1.82) is 0 Å². The highest BCUT2D eigenvalue weighted by molar-refractivity contribution is 5.66. The summed E-state index contributed by atoms with van der Waals surface area (Å²) in [6.07, 6.45) is 0.863. The largest absolute Gasteiger partial charge is 0.460 e. The zero-order valence-electron chi connectivity index (χ0n) is 5.42. The van der Waals surface area contributed by atoms with Crippen LogP contribution in [0.1, 0.15) is 20.8 Å². The first-order valence-electron chi connectivity index (χ1n) is 3.04. The molecule has 1 saturated heterocycles. The summed E-state index contributed by atoms with van der Waals surface area (Å²) in [5.74, 6) is -0.217. The van der Waals surface area contributed by atoms with Gasteiger partial charge in [-0.1, -0.05) is 7.43 Å². The van der Waals surface area contributed by atoms with E-state index in [1.54, 1.807) is 0 Å². The van der Waals surface area contributed by atoms with Crippen LogP contribution in [-0.2, 0) is 14.3 Å². The van der Waals surface area contributed by atoms with Gasteiger partial charge < -0.3 is 9.47 Å². The molecule has 0 aromatic heterocycles. The Balaban J connectivity index is 0.000000810. The lowest BCUT2D eigenvalue weighted by molar-refractivity contribution is -0.146. The van der Waals surface area contributed by atoms with Crippen LogP contribution < -0.4 is 0 Å². The van der Waals surface area contributed by atoms with Crippen LogP contribution in [0.4, 0.5) is 0 Å². The first-order chi connectivity index (χ1) is 4.29. The highest BCUT2D eigenvalue weighted by Gasteiger charge is 2.17. The van der Waals surface area contributed by atoms with Crippen LogP contribution in [0.25, 0.3) is 0 Å². The normalized spacial score (nSPS) is 23.5. The Morgan fingerprint density at radius 2 is 2.40 bits per heavy atom. The van der Waals surface area contributed by atoms with Gasteiger partial charge in [-0.15, -0.1) is 0 Å². The van der Waals surface area contributed by atoms with E-state index in [0.717, 1.165) is 13.0 Å². The van der Waals surface area contributed by atoms with Crippen molar-refractivity contribution < 1.29 is 14.3 Å². The summed E-state index contributed by atoms with van der Waals surface area (Å²) < 4.78 is 9.83. The smallest absolute Gasteiger partial charge is 0.302 e. The maximum Gasteiger partial charge on any atom is 0.302 e. The summed E-state index contributed by atoms with van der Waals surface area (Å²) in [6.45, 7) is 2.70. The van der Waals surface area contributed by atoms with E-state index in [2.05, 4.69) is 0 Å². The fourth-order valence-electron chi connectivity index (χ4n) is 0.841. The van der Waals surface area contributed by atoms with E-state index >= 15 is 0 Å². The van der Waals surface area contributed by atoms with Crippen LogP contribution >= 0.6 is 0 Å². The minimum absolute atomic E-state index is 0. The number of carbonyl (C=O) groups excluding carboxylic acids is 1. The minimum atomic E-state index is -0.217. The SMILES string of the molecule is C.CC(=O)OC1CCOC1. The molecule has 0 radical (unpaired) electrons. The summed E-state index contributed by atoms with van der Waals surface area (Å²) in [7, 11) is 0. The van der Waals surface area contributed by atoms with Crippen molar-refractivity contribution in [2.24, 2.45) is 0 Å². The summed E-state index contributed by atoms with van der Waals surface area (Å²) in [5.41, 5.74) is 0. The fourth-order valence-corrected chi connectivity index (χ4v) is 0.841. The van der Waals surface area contributed by atoms with E-state index in [1.807, 2.05) is 0 Å². The lowest BCUT2D eigenvalue weighted by Crippen LogP contribution is -2.15. The van der Waals surface area contributed by atoms with Crippen LogP contribution in [0.5, 0.6) is 0 Å². The number of carbonyl (C=O) groups is 1. The predicted octanol–water partition coefficient (Wildman–Crippen LogP) is 0.974. The van der Waals surface area contributed by atoms with Crippen molar-refractivity contribution >= 4 is 5.97 Å². The average molecular weight is 146 g/mol. The molecule has 0 aromatic rings. The van der Waals surface area contributed by atoms with Gasteiger partial charge in [0.1, 0.15) is 6.10 Å². The van der Waals surface area contributed by atoms with Crippen LogP contribution in [0.3, 0.4) is 0 Å². The number of ether oxygens (including phenoxy) is 2. The predicted molar refractivity (Wildman–Crippen MR) is 37.7 cm³/mol. The van der Waals surface area contributed by atoms with Gasteiger partial charge in [-0.25, -0.2) is 0 Å². The molecule has 1 heterocycles. The molecule has 0 spiro atoms. The van der Waals surface area contributed by atoms with Crippen LogP contribution in [0, 0.1) is 0 Å². The third-order valence-electron chi connectivity index (χ3n) is 1.22. The van der Waals surface area contributed by atoms with Crippen LogP contribution in [0.15, 0.2) is 0 Å². The van der Waals surface area contributed by atoms with Crippen LogP contribution in [-0.4, -0.2) is 25.3 Å². The number of rotatable bonds is 1. The molecule has 0 aliphatic carbocycles. The standard InChI is InChI=1S/C6H10O3.CH4/c1-5(7)9-6-2-3-8-4-6;/h6H,2-4H2,1H3;1H4. The molecule has 3 heteroatoms. The second-order valence-electron chi connectivity index (χ2n) is 2.10. The van der Waals surface area contributed by atoms with E-state index in [9.17, 15) is 4.79 Å². The van der Waals surface area contributed by atoms with E-state index in [-0.39, 0.29) is 19.5 Å². The highest BCUT2D eigenvalue weighted by Crippen LogP contribution is 2.07. The van der Waals surface area contributed by atoms with Gasteiger partial charge in [0.2, 0.25) is 0 Å². The third kappa shape index (κ3) is 2.82. The second-order valence-corrected chi connectivity index (χ2v) is 2.10. The maximum absolute atomic E-state index is 10.3. The molecule has 1 unspecified atom stereocenters. The van der Waals surface area contributed by atoms with Gasteiger partial charge in [0.15, 0.2) is 0 Å². The molecule has 0 aromatic carbocycles. The molecule has 1 atom stereocenters. The minimum Gasteiger partial charge on any atom is -0.460 e. The van der Waals surface area contributed by atoms with Crippen molar-refractivity contribution in [1.82, 2.24) is 0 Å². The first-order valence-corrected chi connectivity index (χ1v) is 3.04. The summed E-state index contributed by atoms with van der Waals surface area (Å²) in [6, 6.07) is 0. The number of esters is 1. The van der Waals surface area contributed by atoms with Gasteiger partial charge in [-0.05, 0) is 0 Å². The summed E-state index contributed by atoms with van der Waals surface area (Å²) in [5, 5.41) is 0. The Kier molecular flexibility index (Phi) is 4.03. The van der Waals surface area contributed by atoms with E-state index in [4.69, 9.17) is 9.47 Å². The number of hydrogen-bond donors (Lipinski definition) is 0. The van der Waals surface area contributed by atoms with Crippen molar-refractivity contribution in [3.8, 4) is 0 Å². The Hall–Kier alpha value is -0.570. The zero-order chi connectivity index (χ0) is 6.69. The fraction of sp³-hybridized carbons (Fsp3) is 0.857. The Morgan fingerprint density at radius 1 is 1.70 bits per heavy atom. The van der Waals surface area contributed by atoms with E-state index in [1.165, 1.54) is 6.92 Å². The van der Waals surface area contributed by atoms with Gasteiger partial charge in [0, 0.05) is 13.3 Å². The molecular weight excluding hydrogens is 132 g/mol. The number of hydrogen-bond acceptors (Lipinski definition) is 3. The van der Waals surface area contributed by atoms with Crippen LogP contribution in [0.2, 0.25) is 0 Å². The third-order valence-corrected chi connectivity index (χ3v) is 1.22. The Morgan fingerprint density at radius 3 is 2.80 bits per heavy atom. The summed E-state index contributed by atoms with van der Waals surface area (Å²) in [4.78, 5) is 10.3. The molecule has 1 fully saturated rings. The molecule has 60 valence electrons. The molecule has 3 nitrogen and oxygen atoms in total. The van der Waals surface area contributed by atoms with Crippen molar-refractivity contribution in [2.75, 3.05) is 13.2 Å². The Labute approximate surface area is 61.3 Å². The average Bonchev–Trinajstić information content (AvgIpc) is 2.15. The molecule has 1 aliphatic heterocycles. The zero-order valence-corrected chi connectivity index (χ0v) is 5.42. The molecule has 10 heavy (non-hydrogen) atoms. The van der Waals surface area contributed by atoms with Gasteiger partial charge in [-0.2, -0.15) is 0 Å². The molecule has 0 bridgehead atoms. The monoisotopic (exact) mass is 146 g/mol. The lowest BCUT2D eigenvalue weighted by atomic mass is 10.3. The molecule has 0 saturated carbocycles. The molecule has 1 aliphatic rings. The van der Waals surface area contributed by atoms with E-state index in [0.29, 0.717) is 6.61 Å². The van der Waals surface area contributed by atoms with E-state index < -0.39 is 0 Å². The second kappa shape index (κ2) is 4.28. The maximum atomic E-state index is 10.3. The quantitative estimate of drug-likeness (QED) is 0.517. The molecule has 0 amide bonds. The molecular formula is C7H14O3. The van der Waals surface area contributed by atoms with Gasteiger partial charge >= 0.3 is 5.97 Å². The van der Waals surface area contributed by atoms with Crippen molar-refractivity contribution in [3.05, 3.63) is 0 Å². The van der Waals surface area contributed by atoms with Gasteiger partial charge in [0.05, 0.1) is 13.2 Å². The van der Waals surface area contributed by atoms with Crippen molar-refractivity contribution in [3.63, 3.8) is 0 Å². The topological polar surface area (TPSA) is 35.5 Å². The van der Waals surface area contributed by atoms with Gasteiger partial charge in [-0.3, -0.25) is 4.79 Å².